The summed E-state index contributed by atoms with van der Waals surface area (Å²) in [6, 6.07) is 0. The molecule has 1 saturated carbocycles. The van der Waals surface area contributed by atoms with Gasteiger partial charge in [-0.1, -0.05) is 26.0 Å². The minimum Gasteiger partial charge on any atom is -0.382 e. The molecule has 3 rings (SSSR count). The lowest BCUT2D eigenvalue weighted by Gasteiger charge is -2.63. The summed E-state index contributed by atoms with van der Waals surface area (Å²) >= 11 is 0. The van der Waals surface area contributed by atoms with E-state index in [0.717, 1.165) is 19.1 Å². The average Bonchev–Trinajstić information content (AvgIpc) is 2.18. The van der Waals surface area contributed by atoms with Gasteiger partial charge in [0, 0.05) is 13.2 Å². The molecule has 3 aliphatic rings. The molecule has 0 saturated heterocycles. The minimum atomic E-state index is 0.463. The van der Waals surface area contributed by atoms with E-state index in [1.807, 2.05) is 0 Å². The van der Waals surface area contributed by atoms with Gasteiger partial charge < -0.3 is 4.74 Å². The summed E-state index contributed by atoms with van der Waals surface area (Å²) < 4.78 is 5.49. The van der Waals surface area contributed by atoms with Crippen LogP contribution in [0.4, 0.5) is 0 Å². The maximum absolute atomic E-state index is 5.49. The fourth-order valence-electron chi connectivity index (χ4n) is 3.26. The van der Waals surface area contributed by atoms with Crippen LogP contribution in [-0.4, -0.2) is 13.2 Å². The summed E-state index contributed by atoms with van der Waals surface area (Å²) in [6.07, 6.45) is 8.74. The molecule has 0 aliphatic heterocycles. The molecule has 3 aliphatic carbocycles. The molecule has 1 fully saturated rings. The van der Waals surface area contributed by atoms with E-state index in [1.54, 1.807) is 0 Å². The third-order valence-electron chi connectivity index (χ3n) is 4.67. The molecule has 0 aromatic heterocycles. The van der Waals surface area contributed by atoms with Gasteiger partial charge in [-0.05, 0) is 42.9 Å². The Morgan fingerprint density at radius 3 is 2.79 bits per heavy atom. The highest BCUT2D eigenvalue weighted by atomic mass is 16.5. The summed E-state index contributed by atoms with van der Waals surface area (Å²) in [5.41, 5.74) is 0.976. The van der Waals surface area contributed by atoms with Crippen LogP contribution in [0.3, 0.4) is 0 Å². The molecule has 0 radical (unpaired) electrons. The first kappa shape index (κ1) is 10.2. The van der Waals surface area contributed by atoms with Gasteiger partial charge in [-0.15, -0.1) is 0 Å². The number of allylic oxidation sites excluding steroid dienone is 2. The smallest absolute Gasteiger partial charge is 0.0474 e. The Kier molecular flexibility index (Phi) is 2.46. The Hall–Kier alpha value is -0.300. The molecule has 1 heteroatoms. The summed E-state index contributed by atoms with van der Waals surface area (Å²) in [4.78, 5) is 0. The molecule has 0 heterocycles. The quantitative estimate of drug-likeness (QED) is 0.492. The Morgan fingerprint density at radius 1 is 1.43 bits per heavy atom. The van der Waals surface area contributed by atoms with Gasteiger partial charge in [-0.25, -0.2) is 0 Å². The summed E-state index contributed by atoms with van der Waals surface area (Å²) in [5, 5.41) is 0. The molecule has 0 N–H and O–H groups in total. The second-order valence-electron chi connectivity index (χ2n) is 5.36. The van der Waals surface area contributed by atoms with Crippen molar-refractivity contribution < 1.29 is 4.74 Å². The van der Waals surface area contributed by atoms with Crippen molar-refractivity contribution >= 4 is 0 Å². The average molecular weight is 194 g/mol. The van der Waals surface area contributed by atoms with Crippen LogP contribution in [-0.2, 0) is 4.74 Å². The van der Waals surface area contributed by atoms with Crippen molar-refractivity contribution in [1.29, 1.82) is 0 Å². The van der Waals surface area contributed by atoms with E-state index in [4.69, 9.17) is 4.74 Å². The second kappa shape index (κ2) is 3.37. The van der Waals surface area contributed by atoms with Gasteiger partial charge in [0.1, 0.15) is 0 Å². The first-order chi connectivity index (χ1) is 6.62. The Balaban J connectivity index is 2.00. The predicted molar refractivity (Wildman–Crippen MR) is 59.2 cm³/mol. The highest BCUT2D eigenvalue weighted by molar-refractivity contribution is 5.22. The predicted octanol–water partition coefficient (Wildman–Crippen LogP) is 3.41. The Morgan fingerprint density at radius 2 is 2.21 bits per heavy atom. The van der Waals surface area contributed by atoms with Gasteiger partial charge >= 0.3 is 0 Å². The van der Waals surface area contributed by atoms with Gasteiger partial charge in [-0.2, -0.15) is 0 Å². The third kappa shape index (κ3) is 1.25. The van der Waals surface area contributed by atoms with E-state index in [-0.39, 0.29) is 0 Å². The van der Waals surface area contributed by atoms with Crippen LogP contribution in [0.2, 0.25) is 0 Å². The molecule has 0 aromatic carbocycles. The highest BCUT2D eigenvalue weighted by Crippen LogP contribution is 2.66. The molecular weight excluding hydrogens is 172 g/mol. The van der Waals surface area contributed by atoms with Crippen LogP contribution < -0.4 is 0 Å². The van der Waals surface area contributed by atoms with Crippen molar-refractivity contribution in [2.45, 2.75) is 40.0 Å². The lowest BCUT2D eigenvalue weighted by molar-refractivity contribution is -0.108. The van der Waals surface area contributed by atoms with Crippen molar-refractivity contribution in [3.63, 3.8) is 0 Å². The molecular formula is C13H22O. The molecule has 2 bridgehead atoms. The van der Waals surface area contributed by atoms with E-state index in [2.05, 4.69) is 32.9 Å². The Labute approximate surface area is 87.5 Å². The lowest BCUT2D eigenvalue weighted by Crippen LogP contribution is -2.56. The lowest BCUT2D eigenvalue weighted by atomic mass is 9.41. The normalized spacial score (nSPS) is 38.1. The van der Waals surface area contributed by atoms with Crippen LogP contribution in [0, 0.1) is 16.7 Å². The van der Waals surface area contributed by atoms with E-state index < -0.39 is 0 Å². The molecule has 0 amide bonds. The van der Waals surface area contributed by atoms with Gasteiger partial charge in [0.15, 0.2) is 0 Å². The van der Waals surface area contributed by atoms with Gasteiger partial charge in [-0.3, -0.25) is 0 Å². The topological polar surface area (TPSA) is 9.23 Å². The second-order valence-corrected chi connectivity index (χ2v) is 5.36. The maximum atomic E-state index is 5.49. The summed E-state index contributed by atoms with van der Waals surface area (Å²) in [7, 11) is 0. The number of ether oxygens (including phenoxy) is 1. The van der Waals surface area contributed by atoms with Crippen molar-refractivity contribution in [3.05, 3.63) is 12.2 Å². The van der Waals surface area contributed by atoms with E-state index in [1.165, 1.54) is 19.3 Å². The van der Waals surface area contributed by atoms with Crippen molar-refractivity contribution in [3.8, 4) is 0 Å². The molecule has 0 spiro atoms. The number of hydrogen-bond donors (Lipinski definition) is 0. The molecule has 2 unspecified atom stereocenters. The number of fused-ring (bicyclic) bond motifs is 1. The molecule has 80 valence electrons. The third-order valence-corrected chi connectivity index (χ3v) is 4.67. The fourth-order valence-corrected chi connectivity index (χ4v) is 3.26. The first-order valence-corrected chi connectivity index (χ1v) is 5.88. The highest BCUT2D eigenvalue weighted by Gasteiger charge is 2.58. The van der Waals surface area contributed by atoms with E-state index in [9.17, 15) is 0 Å². The molecule has 0 aromatic rings. The zero-order chi connectivity index (χ0) is 10.2. The van der Waals surface area contributed by atoms with Crippen LogP contribution in [0.1, 0.15) is 40.0 Å². The van der Waals surface area contributed by atoms with Crippen molar-refractivity contribution in [2.24, 2.45) is 16.7 Å². The monoisotopic (exact) mass is 194 g/mol. The van der Waals surface area contributed by atoms with Crippen LogP contribution in [0.5, 0.6) is 0 Å². The standard InChI is InChI=1S/C13H22O/c1-4-14-9-8-13-7-5-6-11(10-13)12(13,2)3/h5,7,11H,4,6,8-10H2,1-3H3. The molecule has 14 heavy (non-hydrogen) atoms. The maximum Gasteiger partial charge on any atom is 0.0474 e. The SMILES string of the molecule is CCOCCC12C=CCC(C1)C2(C)C. The Bertz CT molecular complexity index is 242. The van der Waals surface area contributed by atoms with Crippen LogP contribution in [0.15, 0.2) is 12.2 Å². The zero-order valence-corrected chi connectivity index (χ0v) is 9.68. The first-order valence-electron chi connectivity index (χ1n) is 5.88. The zero-order valence-electron chi connectivity index (χ0n) is 9.68. The van der Waals surface area contributed by atoms with Crippen LogP contribution >= 0.6 is 0 Å². The van der Waals surface area contributed by atoms with Crippen LogP contribution in [0.25, 0.3) is 0 Å². The largest absolute Gasteiger partial charge is 0.382 e. The molecule has 2 atom stereocenters. The summed E-state index contributed by atoms with van der Waals surface area (Å²) in [5.74, 6) is 0.925. The van der Waals surface area contributed by atoms with Gasteiger partial charge in [0.05, 0.1) is 0 Å². The minimum absolute atomic E-state index is 0.463. The van der Waals surface area contributed by atoms with E-state index in [0.29, 0.717) is 10.8 Å². The van der Waals surface area contributed by atoms with Crippen molar-refractivity contribution in [1.82, 2.24) is 0 Å². The van der Waals surface area contributed by atoms with Gasteiger partial charge in [0.2, 0.25) is 0 Å². The summed E-state index contributed by atoms with van der Waals surface area (Å²) in [6.45, 7) is 8.71. The van der Waals surface area contributed by atoms with E-state index >= 15 is 0 Å². The number of rotatable bonds is 4. The molecule has 1 nitrogen and oxygen atoms in total. The van der Waals surface area contributed by atoms with Crippen molar-refractivity contribution in [2.75, 3.05) is 13.2 Å². The number of hydrogen-bond acceptors (Lipinski definition) is 1. The fraction of sp³-hybridized carbons (Fsp3) is 0.846. The van der Waals surface area contributed by atoms with Gasteiger partial charge in [0.25, 0.3) is 0 Å².